The lowest BCUT2D eigenvalue weighted by Gasteiger charge is -2.25. The minimum absolute atomic E-state index is 0.0222. The van der Waals surface area contributed by atoms with Gasteiger partial charge in [-0.15, -0.1) is 0 Å². The van der Waals surface area contributed by atoms with Gasteiger partial charge in [0.05, 0.1) is 25.3 Å². The first-order chi connectivity index (χ1) is 16.3. The Hall–Kier alpha value is -3.52. The zero-order chi connectivity index (χ0) is 24.8. The van der Waals surface area contributed by atoms with Crippen LogP contribution in [-0.4, -0.2) is 60.8 Å². The number of aliphatic hydroxyl groups is 1. The molecule has 0 aliphatic carbocycles. The molecule has 2 N–H and O–H groups in total. The van der Waals surface area contributed by atoms with Gasteiger partial charge in [-0.05, 0) is 54.3 Å². The molecule has 1 heterocycles. The minimum atomic E-state index is -0.844. The SMILES string of the molecule is COCCCN1C(=O)C(=O)/C(=C(\O)c2ccc(OCC(C)C)cc2)C1c1ccc(O)c(OC)c1. The topological polar surface area (TPSA) is 106 Å². The molecule has 0 spiro atoms. The third kappa shape index (κ3) is 5.34. The first-order valence-electron chi connectivity index (χ1n) is 11.2. The molecule has 2 aromatic carbocycles. The fourth-order valence-electron chi connectivity index (χ4n) is 3.83. The number of hydrogen-bond acceptors (Lipinski definition) is 7. The Morgan fingerprint density at radius 2 is 1.79 bits per heavy atom. The number of rotatable bonds is 10. The number of phenols is 1. The van der Waals surface area contributed by atoms with Crippen molar-refractivity contribution in [1.82, 2.24) is 4.90 Å². The molecule has 0 aromatic heterocycles. The molecule has 34 heavy (non-hydrogen) atoms. The Morgan fingerprint density at radius 1 is 1.09 bits per heavy atom. The van der Waals surface area contributed by atoms with Crippen molar-refractivity contribution in [3.8, 4) is 17.2 Å². The fourth-order valence-corrected chi connectivity index (χ4v) is 3.83. The number of ketones is 1. The molecule has 8 heteroatoms. The van der Waals surface area contributed by atoms with E-state index in [1.165, 1.54) is 18.1 Å². The van der Waals surface area contributed by atoms with E-state index in [0.29, 0.717) is 42.4 Å². The number of amides is 1. The van der Waals surface area contributed by atoms with Crippen LogP contribution in [0.15, 0.2) is 48.0 Å². The summed E-state index contributed by atoms with van der Waals surface area (Å²) in [6, 6.07) is 10.5. The van der Waals surface area contributed by atoms with E-state index in [4.69, 9.17) is 14.2 Å². The number of benzene rings is 2. The van der Waals surface area contributed by atoms with Gasteiger partial charge in [-0.1, -0.05) is 19.9 Å². The molecule has 1 aliphatic heterocycles. The Labute approximate surface area is 199 Å². The Bertz CT molecular complexity index is 1060. The molecule has 1 saturated heterocycles. The highest BCUT2D eigenvalue weighted by Crippen LogP contribution is 2.41. The molecule has 0 radical (unpaired) electrons. The molecule has 8 nitrogen and oxygen atoms in total. The van der Waals surface area contributed by atoms with Gasteiger partial charge in [0.25, 0.3) is 11.7 Å². The number of phenolic OH excluding ortho intramolecular Hbond substituents is 1. The van der Waals surface area contributed by atoms with Gasteiger partial charge >= 0.3 is 0 Å². The van der Waals surface area contributed by atoms with Crippen molar-refractivity contribution in [2.75, 3.05) is 34.0 Å². The van der Waals surface area contributed by atoms with E-state index in [-0.39, 0.29) is 29.4 Å². The Morgan fingerprint density at radius 3 is 2.41 bits per heavy atom. The quantitative estimate of drug-likeness (QED) is 0.235. The standard InChI is InChI=1S/C26H31NO7/c1-16(2)15-34-19-9-6-17(7-10-19)24(29)22-23(18-8-11-20(28)21(14-18)33-4)27(12-5-13-32-3)26(31)25(22)30/h6-11,14,16,23,28-29H,5,12-13,15H2,1-4H3/b24-22-. The van der Waals surface area contributed by atoms with E-state index in [2.05, 4.69) is 0 Å². The van der Waals surface area contributed by atoms with Crippen LogP contribution in [0.4, 0.5) is 0 Å². The van der Waals surface area contributed by atoms with Crippen LogP contribution >= 0.6 is 0 Å². The van der Waals surface area contributed by atoms with Crippen molar-refractivity contribution in [3.05, 3.63) is 59.2 Å². The van der Waals surface area contributed by atoms with Crippen LogP contribution in [0.1, 0.15) is 37.4 Å². The van der Waals surface area contributed by atoms with Crippen molar-refractivity contribution < 1.29 is 34.0 Å². The summed E-state index contributed by atoms with van der Waals surface area (Å²) in [6.07, 6.45) is 0.511. The molecular weight excluding hydrogens is 438 g/mol. The summed E-state index contributed by atoms with van der Waals surface area (Å²) in [4.78, 5) is 27.4. The molecule has 0 saturated carbocycles. The zero-order valence-electron chi connectivity index (χ0n) is 19.9. The first kappa shape index (κ1) is 25.1. The van der Waals surface area contributed by atoms with Gasteiger partial charge in [-0.2, -0.15) is 0 Å². The number of nitrogens with zero attached hydrogens (tertiary/aromatic N) is 1. The van der Waals surface area contributed by atoms with Crippen molar-refractivity contribution >= 4 is 17.4 Å². The summed E-state index contributed by atoms with van der Waals surface area (Å²) in [5.41, 5.74) is 0.901. The number of aromatic hydroxyl groups is 1. The predicted octanol–water partition coefficient (Wildman–Crippen LogP) is 3.89. The van der Waals surface area contributed by atoms with E-state index >= 15 is 0 Å². The third-order valence-electron chi connectivity index (χ3n) is 5.52. The van der Waals surface area contributed by atoms with Crippen LogP contribution in [0.25, 0.3) is 5.76 Å². The van der Waals surface area contributed by atoms with Crippen molar-refractivity contribution in [2.45, 2.75) is 26.3 Å². The van der Waals surface area contributed by atoms with Gasteiger partial charge in [0.2, 0.25) is 0 Å². The van der Waals surface area contributed by atoms with Crippen molar-refractivity contribution in [2.24, 2.45) is 5.92 Å². The summed E-state index contributed by atoms with van der Waals surface area (Å²) in [7, 11) is 2.97. The lowest BCUT2D eigenvalue weighted by atomic mass is 9.95. The maximum absolute atomic E-state index is 13.1. The highest BCUT2D eigenvalue weighted by molar-refractivity contribution is 6.46. The summed E-state index contributed by atoms with van der Waals surface area (Å²) in [5.74, 6) is -0.612. The zero-order valence-corrected chi connectivity index (χ0v) is 19.9. The molecule has 2 aromatic rings. The minimum Gasteiger partial charge on any atom is -0.507 e. The molecular formula is C26H31NO7. The Kier molecular flexibility index (Phi) is 8.17. The molecule has 1 atom stereocenters. The number of carbonyl (C=O) groups is 2. The van der Waals surface area contributed by atoms with Gasteiger partial charge in [-0.3, -0.25) is 9.59 Å². The number of likely N-dealkylation sites (tertiary alicyclic amines) is 1. The number of carbonyl (C=O) groups excluding carboxylic acids is 2. The number of Topliss-reactive ketones (excluding diaryl/α,β-unsaturated/α-hetero) is 1. The van der Waals surface area contributed by atoms with E-state index in [9.17, 15) is 19.8 Å². The maximum Gasteiger partial charge on any atom is 0.295 e. The molecule has 1 fully saturated rings. The van der Waals surface area contributed by atoms with Gasteiger partial charge in [0.1, 0.15) is 11.5 Å². The van der Waals surface area contributed by atoms with Gasteiger partial charge < -0.3 is 29.3 Å². The molecule has 3 rings (SSSR count). The van der Waals surface area contributed by atoms with E-state index in [1.54, 1.807) is 43.5 Å². The largest absolute Gasteiger partial charge is 0.507 e. The summed E-state index contributed by atoms with van der Waals surface area (Å²) in [5, 5.41) is 21.2. The van der Waals surface area contributed by atoms with E-state index in [1.807, 2.05) is 13.8 Å². The second-order valence-electron chi connectivity index (χ2n) is 8.50. The molecule has 1 aliphatic rings. The molecule has 1 unspecified atom stereocenters. The second kappa shape index (κ2) is 11.1. The predicted molar refractivity (Wildman–Crippen MR) is 127 cm³/mol. The Balaban J connectivity index is 2.05. The van der Waals surface area contributed by atoms with Gasteiger partial charge in [0.15, 0.2) is 11.5 Å². The van der Waals surface area contributed by atoms with Crippen molar-refractivity contribution in [3.63, 3.8) is 0 Å². The second-order valence-corrected chi connectivity index (χ2v) is 8.50. The van der Waals surface area contributed by atoms with Gasteiger partial charge in [0, 0.05) is 25.8 Å². The normalized spacial score (nSPS) is 17.4. The van der Waals surface area contributed by atoms with Gasteiger partial charge in [-0.25, -0.2) is 0 Å². The summed E-state index contributed by atoms with van der Waals surface area (Å²) < 4.78 is 16.0. The smallest absolute Gasteiger partial charge is 0.295 e. The molecule has 0 bridgehead atoms. The fraction of sp³-hybridized carbons (Fsp3) is 0.385. The number of aliphatic hydroxyl groups excluding tert-OH is 1. The molecule has 1 amide bonds. The van der Waals surface area contributed by atoms with Crippen LogP contribution in [-0.2, 0) is 14.3 Å². The average Bonchev–Trinajstić information content (AvgIpc) is 3.08. The van der Waals surface area contributed by atoms with Crippen LogP contribution in [0, 0.1) is 5.92 Å². The monoisotopic (exact) mass is 469 g/mol. The first-order valence-corrected chi connectivity index (χ1v) is 11.2. The average molecular weight is 470 g/mol. The summed E-state index contributed by atoms with van der Waals surface area (Å²) in [6.45, 7) is 5.31. The summed E-state index contributed by atoms with van der Waals surface area (Å²) >= 11 is 0. The lowest BCUT2D eigenvalue weighted by Crippen LogP contribution is -2.31. The van der Waals surface area contributed by atoms with Crippen LogP contribution < -0.4 is 9.47 Å². The number of methoxy groups -OCH3 is 2. The van der Waals surface area contributed by atoms with Crippen LogP contribution in [0.5, 0.6) is 17.2 Å². The molecule has 182 valence electrons. The third-order valence-corrected chi connectivity index (χ3v) is 5.52. The van der Waals surface area contributed by atoms with Crippen molar-refractivity contribution in [1.29, 1.82) is 0 Å². The number of ether oxygens (including phenoxy) is 3. The number of hydrogen-bond donors (Lipinski definition) is 2. The lowest BCUT2D eigenvalue weighted by molar-refractivity contribution is -0.140. The highest BCUT2D eigenvalue weighted by Gasteiger charge is 2.46. The van der Waals surface area contributed by atoms with Crippen LogP contribution in [0.2, 0.25) is 0 Å². The maximum atomic E-state index is 13.1. The highest BCUT2D eigenvalue weighted by atomic mass is 16.5. The van der Waals surface area contributed by atoms with Crippen LogP contribution in [0.3, 0.4) is 0 Å². The van der Waals surface area contributed by atoms with E-state index in [0.717, 1.165) is 0 Å². The van der Waals surface area contributed by atoms with E-state index < -0.39 is 17.7 Å².